The van der Waals surface area contributed by atoms with Gasteiger partial charge in [-0.3, -0.25) is 4.79 Å². The predicted molar refractivity (Wildman–Crippen MR) is 62.6 cm³/mol. The Bertz CT molecular complexity index is 370. The van der Waals surface area contributed by atoms with E-state index in [0.717, 1.165) is 37.1 Å². The second-order valence-electron chi connectivity index (χ2n) is 4.68. The molecule has 0 bridgehead atoms. The highest BCUT2D eigenvalue weighted by molar-refractivity contribution is 5.96. The molecule has 17 heavy (non-hydrogen) atoms. The summed E-state index contributed by atoms with van der Waals surface area (Å²) in [5.41, 5.74) is 1.82. The Hall–Kier alpha value is -1.36. The summed E-state index contributed by atoms with van der Waals surface area (Å²) in [6, 6.07) is -0.639. The predicted octanol–water partition coefficient (Wildman–Crippen LogP) is 0.372. The molecule has 0 aliphatic carbocycles. The van der Waals surface area contributed by atoms with Gasteiger partial charge >= 0.3 is 5.97 Å². The molecule has 2 saturated heterocycles. The summed E-state index contributed by atoms with van der Waals surface area (Å²) in [7, 11) is 0. The maximum atomic E-state index is 12.2. The number of carboxylic acid groups (broad SMARTS) is 1. The second kappa shape index (κ2) is 4.87. The number of carbonyl (C=O) groups is 2. The van der Waals surface area contributed by atoms with Gasteiger partial charge in [0.05, 0.1) is 0 Å². The molecule has 1 amide bonds. The van der Waals surface area contributed by atoms with E-state index in [1.807, 2.05) is 0 Å². The highest BCUT2D eigenvalue weighted by Gasteiger charge is 2.33. The highest BCUT2D eigenvalue weighted by Crippen LogP contribution is 2.21. The Morgan fingerprint density at radius 3 is 2.59 bits per heavy atom. The van der Waals surface area contributed by atoms with E-state index >= 15 is 0 Å². The minimum Gasteiger partial charge on any atom is -0.480 e. The average molecular weight is 238 g/mol. The third-order valence-electron chi connectivity index (χ3n) is 3.58. The van der Waals surface area contributed by atoms with Crippen LogP contribution in [0.1, 0.15) is 26.2 Å². The van der Waals surface area contributed by atoms with E-state index in [1.54, 1.807) is 6.92 Å². The standard InChI is InChI=1S/C12H18N2O3/c1-8(9-6-13-7-9)11(15)14-5-3-2-4-10(14)12(16)17/h10,13H,2-7H2,1H3,(H,16,17)/t10-/m0/s1. The van der Waals surface area contributed by atoms with Crippen LogP contribution in [0.2, 0.25) is 0 Å². The highest BCUT2D eigenvalue weighted by atomic mass is 16.4. The van der Waals surface area contributed by atoms with Crippen molar-refractivity contribution in [3.63, 3.8) is 0 Å². The van der Waals surface area contributed by atoms with Gasteiger partial charge in [-0.05, 0) is 31.8 Å². The smallest absolute Gasteiger partial charge is 0.326 e. The van der Waals surface area contributed by atoms with Crippen molar-refractivity contribution in [2.24, 2.45) is 0 Å². The SMILES string of the molecule is CC(C(=O)N1CCCC[C@H]1C(=O)O)=C1CNC1. The lowest BCUT2D eigenvalue weighted by molar-refractivity contribution is -0.150. The van der Waals surface area contributed by atoms with E-state index < -0.39 is 12.0 Å². The van der Waals surface area contributed by atoms with Crippen LogP contribution in [0.4, 0.5) is 0 Å². The number of likely N-dealkylation sites (tertiary alicyclic amines) is 1. The van der Waals surface area contributed by atoms with Gasteiger partial charge in [-0.2, -0.15) is 0 Å². The van der Waals surface area contributed by atoms with Gasteiger partial charge in [0.2, 0.25) is 5.91 Å². The molecule has 0 radical (unpaired) electrons. The average Bonchev–Trinajstić information content (AvgIpc) is 2.25. The van der Waals surface area contributed by atoms with Crippen molar-refractivity contribution < 1.29 is 14.7 Å². The molecule has 0 saturated carbocycles. The van der Waals surface area contributed by atoms with Crippen molar-refractivity contribution in [3.05, 3.63) is 11.1 Å². The summed E-state index contributed by atoms with van der Waals surface area (Å²) in [5.74, 6) is -0.990. The second-order valence-corrected chi connectivity index (χ2v) is 4.68. The molecular formula is C12H18N2O3. The van der Waals surface area contributed by atoms with Crippen LogP contribution in [0.5, 0.6) is 0 Å². The fourth-order valence-corrected chi connectivity index (χ4v) is 2.31. The maximum absolute atomic E-state index is 12.2. The lowest BCUT2D eigenvalue weighted by atomic mass is 9.98. The molecule has 0 aromatic rings. The van der Waals surface area contributed by atoms with Crippen LogP contribution in [0.3, 0.4) is 0 Å². The van der Waals surface area contributed by atoms with Crippen LogP contribution in [0.15, 0.2) is 11.1 Å². The molecule has 94 valence electrons. The van der Waals surface area contributed by atoms with E-state index in [2.05, 4.69) is 5.32 Å². The number of hydrogen-bond donors (Lipinski definition) is 2. The first kappa shape index (κ1) is 12.1. The van der Waals surface area contributed by atoms with Crippen molar-refractivity contribution in [2.75, 3.05) is 19.6 Å². The Morgan fingerprint density at radius 2 is 2.06 bits per heavy atom. The molecule has 2 rings (SSSR count). The zero-order valence-electron chi connectivity index (χ0n) is 10.0. The Morgan fingerprint density at radius 1 is 1.35 bits per heavy atom. The number of carbonyl (C=O) groups excluding carboxylic acids is 1. The summed E-state index contributed by atoms with van der Waals surface area (Å²) in [5, 5.41) is 12.2. The van der Waals surface area contributed by atoms with Crippen molar-refractivity contribution >= 4 is 11.9 Å². The molecule has 2 fully saturated rings. The van der Waals surface area contributed by atoms with E-state index in [0.29, 0.717) is 13.0 Å². The topological polar surface area (TPSA) is 69.6 Å². The number of carboxylic acids is 1. The largest absolute Gasteiger partial charge is 0.480 e. The molecule has 5 nitrogen and oxygen atoms in total. The van der Waals surface area contributed by atoms with E-state index in [1.165, 1.54) is 4.90 Å². The van der Waals surface area contributed by atoms with E-state index in [-0.39, 0.29) is 5.91 Å². The number of piperidine rings is 1. The summed E-state index contributed by atoms with van der Waals surface area (Å²) in [4.78, 5) is 24.9. The van der Waals surface area contributed by atoms with Gasteiger partial charge in [0, 0.05) is 25.2 Å². The molecule has 0 unspecified atom stereocenters. The fourth-order valence-electron chi connectivity index (χ4n) is 2.31. The Balaban J connectivity index is 2.13. The van der Waals surface area contributed by atoms with E-state index in [9.17, 15) is 9.59 Å². The first-order valence-electron chi connectivity index (χ1n) is 6.04. The molecule has 0 aromatic carbocycles. The van der Waals surface area contributed by atoms with Crippen molar-refractivity contribution in [1.29, 1.82) is 0 Å². The van der Waals surface area contributed by atoms with Gasteiger partial charge in [0.15, 0.2) is 0 Å². The summed E-state index contributed by atoms with van der Waals surface area (Å²) < 4.78 is 0. The van der Waals surface area contributed by atoms with Gasteiger partial charge in [0.25, 0.3) is 0 Å². The van der Waals surface area contributed by atoms with Gasteiger partial charge in [0.1, 0.15) is 6.04 Å². The van der Waals surface area contributed by atoms with Crippen LogP contribution in [0.25, 0.3) is 0 Å². The lowest BCUT2D eigenvalue weighted by Gasteiger charge is -2.34. The number of amides is 1. The summed E-state index contributed by atoms with van der Waals surface area (Å²) in [6.07, 6.45) is 2.36. The minimum absolute atomic E-state index is 0.103. The van der Waals surface area contributed by atoms with Crippen LogP contribution in [0, 0.1) is 0 Å². The van der Waals surface area contributed by atoms with Gasteiger partial charge < -0.3 is 15.3 Å². The van der Waals surface area contributed by atoms with Gasteiger partial charge in [-0.25, -0.2) is 4.79 Å². The number of nitrogens with zero attached hydrogens (tertiary/aromatic N) is 1. The van der Waals surface area contributed by atoms with Crippen molar-refractivity contribution in [3.8, 4) is 0 Å². The monoisotopic (exact) mass is 238 g/mol. The zero-order chi connectivity index (χ0) is 12.4. The van der Waals surface area contributed by atoms with Crippen LogP contribution >= 0.6 is 0 Å². The number of rotatable bonds is 2. The minimum atomic E-state index is -0.886. The molecule has 5 heteroatoms. The van der Waals surface area contributed by atoms with Crippen LogP contribution in [-0.2, 0) is 9.59 Å². The summed E-state index contributed by atoms with van der Waals surface area (Å²) >= 11 is 0. The molecule has 0 aromatic heterocycles. The van der Waals surface area contributed by atoms with Gasteiger partial charge in [-0.1, -0.05) is 0 Å². The van der Waals surface area contributed by atoms with Crippen molar-refractivity contribution in [1.82, 2.24) is 10.2 Å². The number of hydrogen-bond acceptors (Lipinski definition) is 3. The molecule has 2 heterocycles. The van der Waals surface area contributed by atoms with E-state index in [4.69, 9.17) is 5.11 Å². The Kier molecular flexibility index (Phi) is 3.47. The molecule has 1 atom stereocenters. The number of aliphatic carboxylic acids is 1. The number of nitrogens with one attached hydrogen (secondary N) is 1. The van der Waals surface area contributed by atoms with Crippen LogP contribution in [-0.4, -0.2) is 47.6 Å². The quantitative estimate of drug-likeness (QED) is 0.682. The fraction of sp³-hybridized carbons (Fsp3) is 0.667. The third-order valence-corrected chi connectivity index (χ3v) is 3.58. The molecule has 2 aliphatic heterocycles. The molecule has 0 spiro atoms. The Labute approximate surface area is 100 Å². The first-order valence-corrected chi connectivity index (χ1v) is 6.04. The van der Waals surface area contributed by atoms with Gasteiger partial charge in [-0.15, -0.1) is 0 Å². The van der Waals surface area contributed by atoms with Crippen molar-refractivity contribution in [2.45, 2.75) is 32.2 Å². The third kappa shape index (κ3) is 2.34. The first-order chi connectivity index (χ1) is 8.11. The zero-order valence-corrected chi connectivity index (χ0v) is 10.0. The summed E-state index contributed by atoms with van der Waals surface area (Å²) in [6.45, 7) is 3.87. The maximum Gasteiger partial charge on any atom is 0.326 e. The lowest BCUT2D eigenvalue weighted by Crippen LogP contribution is -2.49. The molecule has 2 aliphatic rings. The molecule has 2 N–H and O–H groups in total. The van der Waals surface area contributed by atoms with Crippen LogP contribution < -0.4 is 5.32 Å². The molecular weight excluding hydrogens is 220 g/mol. The normalized spacial score (nSPS) is 24.2.